The van der Waals surface area contributed by atoms with Gasteiger partial charge in [0.2, 0.25) is 0 Å². The molecule has 1 rings (SSSR count). The van der Waals surface area contributed by atoms with Gasteiger partial charge in [-0.25, -0.2) is 0 Å². The topological polar surface area (TPSA) is 49.5 Å². The van der Waals surface area contributed by atoms with Crippen molar-refractivity contribution < 1.29 is 5.11 Å². The number of nitrogens with zero attached hydrogens (tertiary/aromatic N) is 1. The van der Waals surface area contributed by atoms with Crippen molar-refractivity contribution in [2.45, 2.75) is 13.0 Å². The molecule has 0 aromatic heterocycles. The van der Waals surface area contributed by atoms with E-state index in [1.807, 2.05) is 44.1 Å². The molecule has 0 aliphatic heterocycles. The van der Waals surface area contributed by atoms with Gasteiger partial charge in [0, 0.05) is 26.3 Å². The molecule has 0 radical (unpaired) electrons. The number of aliphatic hydroxyl groups is 1. The van der Waals surface area contributed by atoms with Crippen LogP contribution < -0.4 is 10.6 Å². The van der Waals surface area contributed by atoms with Gasteiger partial charge in [-0.3, -0.25) is 0 Å². The van der Waals surface area contributed by atoms with Gasteiger partial charge in [-0.05, 0) is 24.1 Å². The Balaban J connectivity index is 3.06. The summed E-state index contributed by atoms with van der Waals surface area (Å²) in [5.74, 6) is 0. The first-order chi connectivity index (χ1) is 6.56. The number of rotatable bonds is 3. The second-order valence-corrected chi connectivity index (χ2v) is 3.69. The first-order valence-corrected chi connectivity index (χ1v) is 4.72. The summed E-state index contributed by atoms with van der Waals surface area (Å²) in [4.78, 5) is 2.03. The summed E-state index contributed by atoms with van der Waals surface area (Å²) in [6.07, 6.45) is -0.561. The van der Waals surface area contributed by atoms with Crippen molar-refractivity contribution in [3.05, 3.63) is 29.3 Å². The fourth-order valence-electron chi connectivity index (χ4n) is 1.45. The molecule has 0 aliphatic rings. The van der Waals surface area contributed by atoms with E-state index in [1.165, 1.54) is 5.56 Å². The van der Waals surface area contributed by atoms with E-state index in [2.05, 4.69) is 0 Å². The Kier molecular flexibility index (Phi) is 3.49. The van der Waals surface area contributed by atoms with Gasteiger partial charge in [-0.15, -0.1) is 0 Å². The summed E-state index contributed by atoms with van der Waals surface area (Å²) in [5, 5.41) is 9.58. The van der Waals surface area contributed by atoms with Crippen molar-refractivity contribution in [2.75, 3.05) is 25.5 Å². The monoisotopic (exact) mass is 194 g/mol. The van der Waals surface area contributed by atoms with Crippen LogP contribution in [0.25, 0.3) is 0 Å². The minimum absolute atomic E-state index is 0.260. The number of hydrogen-bond donors (Lipinski definition) is 2. The van der Waals surface area contributed by atoms with Gasteiger partial charge in [0.25, 0.3) is 0 Å². The molecule has 1 unspecified atom stereocenters. The van der Waals surface area contributed by atoms with Crippen LogP contribution in [-0.4, -0.2) is 25.7 Å². The lowest BCUT2D eigenvalue weighted by atomic mass is 10.1. The summed E-state index contributed by atoms with van der Waals surface area (Å²) < 4.78 is 0. The van der Waals surface area contributed by atoms with E-state index in [-0.39, 0.29) is 6.54 Å². The van der Waals surface area contributed by atoms with Gasteiger partial charge in [-0.2, -0.15) is 0 Å². The molecule has 0 spiro atoms. The van der Waals surface area contributed by atoms with Crippen LogP contribution in [0.4, 0.5) is 5.69 Å². The van der Waals surface area contributed by atoms with Gasteiger partial charge in [0.05, 0.1) is 6.10 Å². The first-order valence-electron chi connectivity index (χ1n) is 4.72. The van der Waals surface area contributed by atoms with Gasteiger partial charge < -0.3 is 15.7 Å². The second-order valence-electron chi connectivity index (χ2n) is 3.69. The van der Waals surface area contributed by atoms with E-state index >= 15 is 0 Å². The van der Waals surface area contributed by atoms with Crippen LogP contribution in [0.2, 0.25) is 0 Å². The fraction of sp³-hybridized carbons (Fsp3) is 0.455. The van der Waals surface area contributed by atoms with Gasteiger partial charge >= 0.3 is 0 Å². The zero-order valence-electron chi connectivity index (χ0n) is 8.99. The molecule has 1 atom stereocenters. The number of nitrogens with two attached hydrogens (primary N) is 1. The van der Waals surface area contributed by atoms with Crippen LogP contribution in [0.5, 0.6) is 0 Å². The Morgan fingerprint density at radius 1 is 1.43 bits per heavy atom. The van der Waals surface area contributed by atoms with Crippen LogP contribution in [0.15, 0.2) is 18.2 Å². The molecule has 0 fully saturated rings. The average molecular weight is 194 g/mol. The minimum atomic E-state index is -0.561. The molecule has 1 aromatic carbocycles. The molecule has 3 heteroatoms. The molecular formula is C11H18N2O. The Morgan fingerprint density at radius 3 is 2.57 bits per heavy atom. The Morgan fingerprint density at radius 2 is 2.07 bits per heavy atom. The zero-order valence-corrected chi connectivity index (χ0v) is 8.99. The van der Waals surface area contributed by atoms with Crippen LogP contribution >= 0.6 is 0 Å². The molecule has 3 N–H and O–H groups in total. The van der Waals surface area contributed by atoms with Crippen LogP contribution in [-0.2, 0) is 0 Å². The smallest absolute Gasteiger partial charge is 0.0912 e. The number of aryl methyl sites for hydroxylation is 1. The Hall–Kier alpha value is -1.06. The predicted molar refractivity (Wildman–Crippen MR) is 59.5 cm³/mol. The number of anilines is 1. The maximum Gasteiger partial charge on any atom is 0.0912 e. The minimum Gasteiger partial charge on any atom is -0.387 e. The highest BCUT2D eigenvalue weighted by Gasteiger charge is 2.08. The maximum atomic E-state index is 9.58. The normalized spacial score (nSPS) is 12.6. The van der Waals surface area contributed by atoms with Crippen molar-refractivity contribution >= 4 is 5.69 Å². The van der Waals surface area contributed by atoms with E-state index in [4.69, 9.17) is 5.73 Å². The number of hydrogen-bond acceptors (Lipinski definition) is 3. The lowest BCUT2D eigenvalue weighted by Crippen LogP contribution is -2.14. The third kappa shape index (κ3) is 2.25. The molecule has 14 heavy (non-hydrogen) atoms. The van der Waals surface area contributed by atoms with E-state index < -0.39 is 6.10 Å². The standard InChI is InChI=1S/C11H18N2O/c1-8-4-5-9(11(14)7-12)6-10(8)13(2)3/h4-6,11,14H,7,12H2,1-3H3. The molecule has 0 saturated heterocycles. The second kappa shape index (κ2) is 4.44. The van der Waals surface area contributed by atoms with Crippen molar-refractivity contribution in [1.82, 2.24) is 0 Å². The van der Waals surface area contributed by atoms with E-state index in [0.29, 0.717) is 0 Å². The summed E-state index contributed by atoms with van der Waals surface area (Å²) in [7, 11) is 3.97. The molecule has 0 heterocycles. The predicted octanol–water partition coefficient (Wildman–Crippen LogP) is 1.05. The van der Waals surface area contributed by atoms with E-state index in [0.717, 1.165) is 11.3 Å². The zero-order chi connectivity index (χ0) is 10.7. The van der Waals surface area contributed by atoms with Gasteiger partial charge in [0.1, 0.15) is 0 Å². The summed E-state index contributed by atoms with van der Waals surface area (Å²) in [6, 6.07) is 5.90. The fourth-order valence-corrected chi connectivity index (χ4v) is 1.45. The van der Waals surface area contributed by atoms with Crippen molar-refractivity contribution in [2.24, 2.45) is 5.73 Å². The van der Waals surface area contributed by atoms with Gasteiger partial charge in [0.15, 0.2) is 0 Å². The quantitative estimate of drug-likeness (QED) is 0.756. The van der Waals surface area contributed by atoms with Crippen LogP contribution in [0.1, 0.15) is 17.2 Å². The van der Waals surface area contributed by atoms with Crippen LogP contribution in [0.3, 0.4) is 0 Å². The average Bonchev–Trinajstić information content (AvgIpc) is 2.17. The lowest BCUT2D eigenvalue weighted by molar-refractivity contribution is 0.187. The summed E-state index contributed by atoms with van der Waals surface area (Å²) in [6.45, 7) is 2.31. The van der Waals surface area contributed by atoms with Gasteiger partial charge in [-0.1, -0.05) is 12.1 Å². The summed E-state index contributed by atoms with van der Waals surface area (Å²) >= 11 is 0. The van der Waals surface area contributed by atoms with Crippen molar-refractivity contribution in [3.8, 4) is 0 Å². The SMILES string of the molecule is Cc1ccc(C(O)CN)cc1N(C)C. The molecule has 3 nitrogen and oxygen atoms in total. The Bertz CT molecular complexity index is 310. The number of aliphatic hydroxyl groups excluding tert-OH is 1. The number of benzene rings is 1. The van der Waals surface area contributed by atoms with Crippen LogP contribution in [0, 0.1) is 6.92 Å². The third-order valence-corrected chi connectivity index (χ3v) is 2.32. The van der Waals surface area contributed by atoms with E-state index in [1.54, 1.807) is 0 Å². The van der Waals surface area contributed by atoms with Crippen molar-refractivity contribution in [1.29, 1.82) is 0 Å². The Labute approximate surface area is 85.2 Å². The molecular weight excluding hydrogens is 176 g/mol. The highest BCUT2D eigenvalue weighted by atomic mass is 16.3. The summed E-state index contributed by atoms with van der Waals surface area (Å²) in [5.41, 5.74) is 8.60. The maximum absolute atomic E-state index is 9.58. The highest BCUT2D eigenvalue weighted by Crippen LogP contribution is 2.22. The molecule has 0 aliphatic carbocycles. The van der Waals surface area contributed by atoms with Crippen molar-refractivity contribution in [3.63, 3.8) is 0 Å². The van der Waals surface area contributed by atoms with E-state index in [9.17, 15) is 5.11 Å². The molecule has 0 saturated carbocycles. The molecule has 0 bridgehead atoms. The third-order valence-electron chi connectivity index (χ3n) is 2.32. The largest absolute Gasteiger partial charge is 0.387 e. The lowest BCUT2D eigenvalue weighted by Gasteiger charge is -2.18. The first kappa shape index (κ1) is 11.0. The highest BCUT2D eigenvalue weighted by molar-refractivity contribution is 5.54. The molecule has 1 aromatic rings. The molecule has 0 amide bonds. The molecule has 78 valence electrons.